The quantitative estimate of drug-likeness (QED) is 0.737. The predicted molar refractivity (Wildman–Crippen MR) is 61.0 cm³/mol. The van der Waals surface area contributed by atoms with Gasteiger partial charge in [-0.15, -0.1) is 0 Å². The molecule has 1 aromatic carbocycles. The van der Waals surface area contributed by atoms with Gasteiger partial charge in [0, 0.05) is 11.5 Å². The molecule has 17 heavy (non-hydrogen) atoms. The highest BCUT2D eigenvalue weighted by Gasteiger charge is 2.43. The lowest BCUT2D eigenvalue weighted by Crippen LogP contribution is -2.33. The molecule has 4 nitrogen and oxygen atoms in total. The van der Waals surface area contributed by atoms with Gasteiger partial charge >= 0.3 is 0 Å². The van der Waals surface area contributed by atoms with E-state index in [0.717, 1.165) is 24.1 Å². The van der Waals surface area contributed by atoms with Crippen LogP contribution in [0.4, 0.5) is 5.69 Å². The Balaban J connectivity index is 1.95. The summed E-state index contributed by atoms with van der Waals surface area (Å²) in [6.45, 7) is 0.164. The van der Waals surface area contributed by atoms with Crippen LogP contribution in [0, 0.1) is 17.2 Å². The second-order valence-electron chi connectivity index (χ2n) is 4.49. The van der Waals surface area contributed by atoms with Crippen molar-refractivity contribution in [2.45, 2.75) is 18.9 Å². The van der Waals surface area contributed by atoms with Crippen LogP contribution < -0.4 is 5.43 Å². The van der Waals surface area contributed by atoms with E-state index in [-0.39, 0.29) is 24.3 Å². The van der Waals surface area contributed by atoms with Gasteiger partial charge in [-0.1, -0.05) is 18.2 Å². The molecular formula is C13H12N3O. The highest BCUT2D eigenvalue weighted by molar-refractivity contribution is 5.91. The van der Waals surface area contributed by atoms with Crippen LogP contribution >= 0.6 is 0 Å². The van der Waals surface area contributed by atoms with Crippen molar-refractivity contribution in [2.75, 3.05) is 6.54 Å². The van der Waals surface area contributed by atoms with Crippen molar-refractivity contribution in [1.82, 2.24) is 10.4 Å². The van der Waals surface area contributed by atoms with Gasteiger partial charge in [-0.3, -0.25) is 4.79 Å². The van der Waals surface area contributed by atoms with Gasteiger partial charge in [0.05, 0.1) is 11.8 Å². The van der Waals surface area contributed by atoms with Crippen LogP contribution in [-0.2, 0) is 4.79 Å². The lowest BCUT2D eigenvalue weighted by atomic mass is 9.99. The van der Waals surface area contributed by atoms with E-state index in [2.05, 4.69) is 11.5 Å². The third-order valence-electron chi connectivity index (χ3n) is 3.25. The van der Waals surface area contributed by atoms with Crippen molar-refractivity contribution in [2.24, 2.45) is 5.92 Å². The van der Waals surface area contributed by atoms with Crippen molar-refractivity contribution in [1.29, 1.82) is 5.26 Å². The van der Waals surface area contributed by atoms with Gasteiger partial charge in [-0.2, -0.15) is 15.7 Å². The normalized spacial score (nSPS) is 22.6. The molecule has 1 saturated carbocycles. The molecule has 4 heteroatoms. The average Bonchev–Trinajstić information content (AvgIpc) is 3.11. The van der Waals surface area contributed by atoms with E-state index in [1.165, 1.54) is 0 Å². The lowest BCUT2D eigenvalue weighted by molar-refractivity contribution is -0.125. The smallest absolute Gasteiger partial charge is 0.159 e. The molecule has 1 fully saturated rings. The molecule has 0 saturated heterocycles. The largest absolute Gasteiger partial charge is 0.297 e. The zero-order valence-corrected chi connectivity index (χ0v) is 9.34. The van der Waals surface area contributed by atoms with E-state index in [1.54, 1.807) is 5.01 Å². The lowest BCUT2D eigenvalue weighted by Gasteiger charge is -2.18. The van der Waals surface area contributed by atoms with Crippen LogP contribution in [0.2, 0.25) is 0 Å². The van der Waals surface area contributed by atoms with Crippen molar-refractivity contribution in [3.63, 3.8) is 0 Å². The molecule has 1 unspecified atom stereocenters. The molecule has 85 valence electrons. The highest BCUT2D eigenvalue weighted by Crippen LogP contribution is 2.42. The third-order valence-corrected chi connectivity index (χ3v) is 3.25. The first-order chi connectivity index (χ1) is 8.31. The zero-order valence-electron chi connectivity index (χ0n) is 9.34. The average molecular weight is 226 g/mol. The molecule has 1 aliphatic carbocycles. The fourth-order valence-electron chi connectivity index (χ4n) is 2.26. The molecule has 1 aromatic rings. The second-order valence-corrected chi connectivity index (χ2v) is 4.49. The van der Waals surface area contributed by atoms with Crippen molar-refractivity contribution >= 4 is 11.5 Å². The summed E-state index contributed by atoms with van der Waals surface area (Å²) in [5.74, 6) is 0.400. The molecule has 0 bridgehead atoms. The maximum atomic E-state index is 12.2. The number of carbonyl (C=O) groups excluding carboxylic acids is 1. The molecule has 0 aromatic heterocycles. The topological polar surface area (TPSA) is 58.2 Å². The van der Waals surface area contributed by atoms with E-state index >= 15 is 0 Å². The van der Waals surface area contributed by atoms with Crippen LogP contribution in [0.25, 0.3) is 0 Å². The molecule has 0 amide bonds. The number of carbonyl (C=O) groups is 1. The summed E-state index contributed by atoms with van der Waals surface area (Å²) in [7, 11) is 0. The van der Waals surface area contributed by atoms with Gasteiger partial charge < -0.3 is 0 Å². The Bertz CT molecular complexity index is 502. The fourth-order valence-corrected chi connectivity index (χ4v) is 2.26. The Hall–Kier alpha value is -1.86. The number of nitriles is 1. The molecule has 1 atom stereocenters. The van der Waals surface area contributed by atoms with Crippen LogP contribution in [-0.4, -0.2) is 17.3 Å². The minimum absolute atomic E-state index is 0.164. The van der Waals surface area contributed by atoms with Gasteiger partial charge in [-0.25, -0.2) is 0 Å². The molecule has 1 aliphatic heterocycles. The summed E-state index contributed by atoms with van der Waals surface area (Å²) < 4.78 is 0. The van der Waals surface area contributed by atoms with Gasteiger partial charge in [0.1, 0.15) is 12.6 Å². The molecule has 1 heterocycles. The van der Waals surface area contributed by atoms with Crippen LogP contribution in [0.1, 0.15) is 24.4 Å². The second kappa shape index (κ2) is 3.86. The first kappa shape index (κ1) is 10.3. The number of hydrogen-bond acceptors (Lipinski definition) is 3. The van der Waals surface area contributed by atoms with Crippen molar-refractivity contribution in [3.05, 3.63) is 29.8 Å². The van der Waals surface area contributed by atoms with E-state index in [4.69, 9.17) is 5.26 Å². The van der Waals surface area contributed by atoms with E-state index in [9.17, 15) is 4.79 Å². The Morgan fingerprint density at radius 3 is 2.94 bits per heavy atom. The maximum absolute atomic E-state index is 12.2. The summed E-state index contributed by atoms with van der Waals surface area (Å²) >= 11 is 0. The van der Waals surface area contributed by atoms with Crippen molar-refractivity contribution in [3.8, 4) is 6.07 Å². The van der Waals surface area contributed by atoms with E-state index in [1.807, 2.05) is 24.3 Å². The summed E-state index contributed by atoms with van der Waals surface area (Å²) in [6, 6.07) is 9.37. The molecule has 0 spiro atoms. The highest BCUT2D eigenvalue weighted by atomic mass is 16.1. The molecule has 1 radical (unpaired) electrons. The maximum Gasteiger partial charge on any atom is 0.159 e. The number of hydrogen-bond donors (Lipinski definition) is 0. The minimum Gasteiger partial charge on any atom is -0.297 e. The van der Waals surface area contributed by atoms with Crippen molar-refractivity contribution < 1.29 is 4.79 Å². The van der Waals surface area contributed by atoms with Crippen LogP contribution in [0.3, 0.4) is 0 Å². The number of nitrogens with zero attached hydrogens (tertiary/aromatic N) is 3. The Morgan fingerprint density at radius 1 is 1.47 bits per heavy atom. The van der Waals surface area contributed by atoms with Gasteiger partial charge in [0.2, 0.25) is 0 Å². The van der Waals surface area contributed by atoms with E-state index < -0.39 is 0 Å². The summed E-state index contributed by atoms with van der Waals surface area (Å²) in [6.07, 6.45) is 1.97. The Morgan fingerprint density at radius 2 is 2.24 bits per heavy atom. The summed E-state index contributed by atoms with van der Waals surface area (Å²) in [5, 5.41) is 10.4. The van der Waals surface area contributed by atoms with E-state index in [0.29, 0.717) is 0 Å². The fraction of sp³-hybridized carbons (Fsp3) is 0.385. The summed E-state index contributed by atoms with van der Waals surface area (Å²) in [4.78, 5) is 12.2. The Labute approximate surface area is 99.8 Å². The predicted octanol–water partition coefficient (Wildman–Crippen LogP) is 1.70. The van der Waals surface area contributed by atoms with Crippen LogP contribution in [0.15, 0.2) is 24.3 Å². The minimum atomic E-state index is -0.335. The summed E-state index contributed by atoms with van der Waals surface area (Å²) in [5.41, 5.74) is 6.11. The molecule has 3 rings (SSSR count). The first-order valence-corrected chi connectivity index (χ1v) is 5.79. The van der Waals surface area contributed by atoms with Gasteiger partial charge in [-0.05, 0) is 18.9 Å². The molecule has 0 N–H and O–H groups in total. The van der Waals surface area contributed by atoms with Gasteiger partial charge in [0.15, 0.2) is 5.78 Å². The first-order valence-electron chi connectivity index (χ1n) is 5.79. The number of fused-ring (bicyclic) bond motifs is 1. The number of Topliss-reactive ketones (excluding diaryl/α,β-unsaturated/α-hetero) is 1. The SMILES string of the molecule is N#CCN1[N]c2ccccc2C1C(=O)C1CC1. The van der Waals surface area contributed by atoms with Gasteiger partial charge in [0.25, 0.3) is 0 Å². The molecule has 2 aliphatic rings. The third kappa shape index (κ3) is 1.69. The number of benzene rings is 1. The molecular weight excluding hydrogens is 214 g/mol. The number of rotatable bonds is 3. The standard InChI is InChI=1S/C13H12N3O/c14-7-8-16-12(13(17)9-5-6-9)10-3-1-2-4-11(10)15-16/h1-4,9,12H,5-6,8H2. The number of ketones is 1. The monoisotopic (exact) mass is 226 g/mol. The Kier molecular flexibility index (Phi) is 2.34. The zero-order chi connectivity index (χ0) is 11.8. The van der Waals surface area contributed by atoms with Crippen LogP contribution in [0.5, 0.6) is 0 Å².